The third-order valence-corrected chi connectivity index (χ3v) is 4.14. The second-order valence-corrected chi connectivity index (χ2v) is 6.26. The molecule has 0 radical (unpaired) electrons. The fourth-order valence-corrected chi connectivity index (χ4v) is 2.89. The Bertz CT molecular complexity index is 739. The molecule has 2 aromatic rings. The van der Waals surface area contributed by atoms with Crippen LogP contribution < -0.4 is 14.2 Å². The summed E-state index contributed by atoms with van der Waals surface area (Å²) in [6.07, 6.45) is 1.92. The van der Waals surface area contributed by atoms with Crippen molar-refractivity contribution in [3.05, 3.63) is 57.0 Å². The van der Waals surface area contributed by atoms with Gasteiger partial charge >= 0.3 is 6.61 Å². The van der Waals surface area contributed by atoms with Crippen molar-refractivity contribution < 1.29 is 28.1 Å². The van der Waals surface area contributed by atoms with Gasteiger partial charge in [0.1, 0.15) is 10.0 Å². The second-order valence-electron chi connectivity index (χ2n) is 5.45. The molecule has 1 atom stereocenters. The lowest BCUT2D eigenvalue weighted by molar-refractivity contribution is -0.605. The van der Waals surface area contributed by atoms with Crippen molar-refractivity contribution in [2.45, 2.75) is 32.5 Å². The number of pyridine rings is 1. The van der Waals surface area contributed by atoms with Crippen molar-refractivity contribution in [2.24, 2.45) is 0 Å². The number of hydrogen-bond acceptors (Lipinski definition) is 4. The van der Waals surface area contributed by atoms with Crippen LogP contribution in [0.15, 0.2) is 30.6 Å². The Balaban J connectivity index is 2.26. The summed E-state index contributed by atoms with van der Waals surface area (Å²) in [7, 11) is 0. The zero-order valence-corrected chi connectivity index (χ0v) is 15.3. The quantitative estimate of drug-likeness (QED) is 0.523. The van der Waals surface area contributed by atoms with Gasteiger partial charge < -0.3 is 19.8 Å². The first-order chi connectivity index (χ1) is 12.3. The first-order valence-electron chi connectivity index (χ1n) is 7.78. The highest BCUT2D eigenvalue weighted by atomic mass is 35.5. The Kier molecular flexibility index (Phi) is 7.25. The van der Waals surface area contributed by atoms with Gasteiger partial charge in [0.25, 0.3) is 0 Å². The third kappa shape index (κ3) is 5.33. The van der Waals surface area contributed by atoms with E-state index in [0.717, 1.165) is 12.4 Å². The van der Waals surface area contributed by atoms with Crippen LogP contribution in [0, 0.1) is 5.21 Å². The third-order valence-electron chi connectivity index (χ3n) is 3.49. The van der Waals surface area contributed by atoms with Gasteiger partial charge in [-0.15, -0.1) is 0 Å². The second kappa shape index (κ2) is 9.21. The maximum absolute atomic E-state index is 12.5. The Morgan fingerprint density at radius 3 is 2.42 bits per heavy atom. The average Bonchev–Trinajstić information content (AvgIpc) is 2.56. The molecule has 5 nitrogen and oxygen atoms in total. The highest BCUT2D eigenvalue weighted by molar-refractivity contribution is 6.35. The van der Waals surface area contributed by atoms with E-state index in [1.54, 1.807) is 0 Å². The number of aliphatic hydroxyl groups is 1. The lowest BCUT2D eigenvalue weighted by Crippen LogP contribution is -2.25. The minimum atomic E-state index is -2.99. The lowest BCUT2D eigenvalue weighted by Gasteiger charge is -2.17. The predicted molar refractivity (Wildman–Crippen MR) is 92.9 cm³/mol. The van der Waals surface area contributed by atoms with E-state index in [0.29, 0.717) is 28.9 Å². The zero-order valence-electron chi connectivity index (χ0n) is 13.8. The maximum atomic E-state index is 12.5. The van der Waals surface area contributed by atoms with Crippen molar-refractivity contribution in [1.29, 1.82) is 0 Å². The van der Waals surface area contributed by atoms with E-state index < -0.39 is 12.7 Å². The van der Waals surface area contributed by atoms with Crippen LogP contribution in [0.5, 0.6) is 11.5 Å². The first-order valence-corrected chi connectivity index (χ1v) is 8.53. The van der Waals surface area contributed by atoms with Crippen molar-refractivity contribution in [3.8, 4) is 11.5 Å². The Hall–Kier alpha value is -1.83. The van der Waals surface area contributed by atoms with E-state index >= 15 is 0 Å². The summed E-state index contributed by atoms with van der Waals surface area (Å²) in [6.45, 7) is -0.817. The predicted octanol–water partition coefficient (Wildman–Crippen LogP) is 4.29. The molecular formula is C17H17Cl2F2NO4. The van der Waals surface area contributed by atoms with Crippen LogP contribution >= 0.6 is 23.2 Å². The smallest absolute Gasteiger partial charge is 0.387 e. The summed E-state index contributed by atoms with van der Waals surface area (Å²) in [5.41, 5.74) is 0.806. The molecule has 26 heavy (non-hydrogen) atoms. The fraction of sp³-hybridized carbons (Fsp3) is 0.353. The van der Waals surface area contributed by atoms with Gasteiger partial charge in [0.2, 0.25) is 0 Å². The molecule has 1 aromatic heterocycles. The van der Waals surface area contributed by atoms with Crippen molar-refractivity contribution in [1.82, 2.24) is 0 Å². The number of ether oxygens (including phenoxy) is 2. The number of halogens is 4. The highest BCUT2D eigenvalue weighted by Gasteiger charge is 2.19. The van der Waals surface area contributed by atoms with E-state index in [1.165, 1.54) is 18.2 Å². The molecule has 1 aromatic carbocycles. The minimum absolute atomic E-state index is 0.0285. The van der Waals surface area contributed by atoms with Crippen molar-refractivity contribution in [3.63, 3.8) is 0 Å². The topological polar surface area (TPSA) is 65.6 Å². The molecule has 0 aliphatic rings. The van der Waals surface area contributed by atoms with Gasteiger partial charge in [-0.3, -0.25) is 0 Å². The standard InChI is InChI=1S/C17H17Cl2F2NO4/c1-2-5-25-16-6-10(3-4-15(16)26-17(20)21)14(23)7-11-12(18)8-22(24)9-13(11)19/h3-4,6,8-9,14,17,23H,2,5,7H2,1H3/t14-/m0/s1. The number of alkyl halides is 2. The van der Waals surface area contributed by atoms with Gasteiger partial charge in [-0.25, -0.2) is 0 Å². The molecule has 0 bridgehead atoms. The van der Waals surface area contributed by atoms with Crippen LogP contribution in [-0.2, 0) is 6.42 Å². The van der Waals surface area contributed by atoms with Gasteiger partial charge in [-0.05, 0) is 24.1 Å². The number of aromatic nitrogens is 1. The number of aliphatic hydroxyl groups excluding tert-OH is 1. The van der Waals surface area contributed by atoms with Crippen LogP contribution in [0.25, 0.3) is 0 Å². The summed E-state index contributed by atoms with van der Waals surface area (Å²) in [5.74, 6) is -0.0149. The summed E-state index contributed by atoms with van der Waals surface area (Å²) in [6, 6.07) is 4.17. The molecule has 0 spiro atoms. The number of rotatable bonds is 8. The molecule has 0 amide bonds. The lowest BCUT2D eigenvalue weighted by atomic mass is 10.0. The Morgan fingerprint density at radius 2 is 1.85 bits per heavy atom. The van der Waals surface area contributed by atoms with Crippen LogP contribution in [0.2, 0.25) is 10.0 Å². The monoisotopic (exact) mass is 407 g/mol. The molecule has 1 N–H and O–H groups in total. The van der Waals surface area contributed by atoms with Crippen molar-refractivity contribution >= 4 is 23.2 Å². The van der Waals surface area contributed by atoms with Gasteiger partial charge in [0.15, 0.2) is 23.9 Å². The van der Waals surface area contributed by atoms with Crippen LogP contribution in [0.4, 0.5) is 8.78 Å². The molecular weight excluding hydrogens is 391 g/mol. The van der Waals surface area contributed by atoms with Gasteiger partial charge in [0, 0.05) is 12.0 Å². The van der Waals surface area contributed by atoms with Crippen molar-refractivity contribution in [2.75, 3.05) is 6.61 Å². The molecule has 9 heteroatoms. The number of benzene rings is 1. The maximum Gasteiger partial charge on any atom is 0.387 e. The van der Waals surface area contributed by atoms with Gasteiger partial charge in [-0.2, -0.15) is 13.5 Å². The number of hydrogen-bond donors (Lipinski definition) is 1. The van der Waals surface area contributed by atoms with Crippen LogP contribution in [-0.4, -0.2) is 18.3 Å². The minimum Gasteiger partial charge on any atom is -0.619 e. The van der Waals surface area contributed by atoms with Gasteiger partial charge in [-0.1, -0.05) is 36.2 Å². The molecule has 0 aliphatic heterocycles. The van der Waals surface area contributed by atoms with Gasteiger partial charge in [0.05, 0.1) is 12.7 Å². The molecule has 2 rings (SSSR count). The average molecular weight is 408 g/mol. The Morgan fingerprint density at radius 1 is 1.19 bits per heavy atom. The van der Waals surface area contributed by atoms with E-state index in [2.05, 4.69) is 4.74 Å². The summed E-state index contributed by atoms with van der Waals surface area (Å²) >= 11 is 12.0. The fourth-order valence-electron chi connectivity index (χ4n) is 2.29. The molecule has 0 aliphatic carbocycles. The van der Waals surface area contributed by atoms with Crippen LogP contribution in [0.3, 0.4) is 0 Å². The SMILES string of the molecule is CCCOc1cc([C@@H](O)Cc2c(Cl)c[n+]([O-])cc2Cl)ccc1OC(F)F. The van der Waals surface area contributed by atoms with E-state index in [9.17, 15) is 19.1 Å². The van der Waals surface area contributed by atoms with Crippen LogP contribution in [0.1, 0.15) is 30.6 Å². The van der Waals surface area contributed by atoms with E-state index in [-0.39, 0.29) is 28.0 Å². The molecule has 142 valence electrons. The summed E-state index contributed by atoms with van der Waals surface area (Å²) in [4.78, 5) is 0. The molecule has 0 unspecified atom stereocenters. The normalized spacial score (nSPS) is 12.3. The van der Waals surface area contributed by atoms with E-state index in [4.69, 9.17) is 27.9 Å². The summed E-state index contributed by atoms with van der Waals surface area (Å²) in [5, 5.41) is 22.0. The first kappa shape index (κ1) is 20.5. The molecule has 0 saturated carbocycles. The molecule has 0 fully saturated rings. The number of nitrogens with zero attached hydrogens (tertiary/aromatic N) is 1. The largest absolute Gasteiger partial charge is 0.619 e. The zero-order chi connectivity index (χ0) is 19.3. The van der Waals surface area contributed by atoms with E-state index in [1.807, 2.05) is 6.92 Å². The highest BCUT2D eigenvalue weighted by Crippen LogP contribution is 2.34. The Labute approximate surface area is 159 Å². The summed E-state index contributed by atoms with van der Waals surface area (Å²) < 4.78 is 35.3. The molecule has 1 heterocycles. The molecule has 0 saturated heterocycles.